The van der Waals surface area contributed by atoms with Crippen LogP contribution in [0.5, 0.6) is 0 Å². The van der Waals surface area contributed by atoms with E-state index in [4.69, 9.17) is 0 Å². The van der Waals surface area contributed by atoms with Crippen molar-refractivity contribution in [1.29, 1.82) is 0 Å². The molecule has 0 aliphatic carbocycles. The van der Waals surface area contributed by atoms with Crippen LogP contribution in [-0.4, -0.2) is 59.2 Å². The van der Waals surface area contributed by atoms with Crippen molar-refractivity contribution in [3.63, 3.8) is 0 Å². The van der Waals surface area contributed by atoms with Crippen molar-refractivity contribution in [2.45, 2.75) is 25.8 Å². The number of nitrogens with zero attached hydrogens (tertiary/aromatic N) is 3. The number of aromatic nitrogens is 1. The number of halogens is 4. The molecule has 0 spiro atoms. The molecule has 1 amide bonds. The van der Waals surface area contributed by atoms with Crippen molar-refractivity contribution in [3.8, 4) is 0 Å². The summed E-state index contributed by atoms with van der Waals surface area (Å²) in [6, 6.07) is 0. The topological polar surface area (TPSA) is 36.4 Å². The molecule has 1 aliphatic rings. The van der Waals surface area contributed by atoms with E-state index in [0.29, 0.717) is 19.6 Å². The number of carbonyl (C=O) groups excluding carboxylic acids is 1. The Morgan fingerprint density at radius 2 is 2.00 bits per heavy atom. The second-order valence-electron chi connectivity index (χ2n) is 4.85. The quantitative estimate of drug-likeness (QED) is 0.795. The molecule has 0 saturated carbocycles. The lowest BCUT2D eigenvalue weighted by atomic mass is 10.2. The smallest absolute Gasteiger partial charge is 0.335 e. The highest BCUT2D eigenvalue weighted by atomic mass is 32.1. The molecule has 4 nitrogen and oxygen atoms in total. The number of hydrogen-bond donors (Lipinski definition) is 0. The monoisotopic (exact) mass is 325 g/mol. The van der Waals surface area contributed by atoms with Gasteiger partial charge in [-0.05, 0) is 6.92 Å². The Morgan fingerprint density at radius 3 is 2.48 bits per heavy atom. The molecular formula is C12H15F4N3OS. The van der Waals surface area contributed by atoms with Gasteiger partial charge in [0.15, 0.2) is 0 Å². The molecule has 0 N–H and O–H groups in total. The fraction of sp³-hybridized carbons (Fsp3) is 0.667. The van der Waals surface area contributed by atoms with Gasteiger partial charge in [-0.3, -0.25) is 9.69 Å². The van der Waals surface area contributed by atoms with E-state index in [-0.39, 0.29) is 13.1 Å². The Bertz CT molecular complexity index is 500. The molecule has 1 fully saturated rings. The van der Waals surface area contributed by atoms with Gasteiger partial charge in [-0.2, -0.15) is 8.78 Å². The van der Waals surface area contributed by atoms with Gasteiger partial charge in [0.2, 0.25) is 0 Å². The minimum absolute atomic E-state index is 0.0181. The zero-order chi connectivity index (χ0) is 15.6. The molecule has 1 saturated heterocycles. The summed E-state index contributed by atoms with van der Waals surface area (Å²) in [6.07, 6.45) is -3.97. The lowest BCUT2D eigenvalue weighted by Crippen LogP contribution is -2.54. The van der Waals surface area contributed by atoms with Crippen molar-refractivity contribution >= 4 is 17.2 Å². The van der Waals surface area contributed by atoms with Gasteiger partial charge in [0, 0.05) is 38.1 Å². The first-order valence-electron chi connectivity index (χ1n) is 6.39. The Balaban J connectivity index is 1.87. The lowest BCUT2D eigenvalue weighted by molar-refractivity contribution is -0.182. The summed E-state index contributed by atoms with van der Waals surface area (Å²) in [7, 11) is 0. The van der Waals surface area contributed by atoms with Crippen LogP contribution in [0.25, 0.3) is 0 Å². The van der Waals surface area contributed by atoms with Crippen LogP contribution < -0.4 is 0 Å². The maximum Gasteiger partial charge on any atom is 0.383 e. The van der Waals surface area contributed by atoms with Crippen molar-refractivity contribution in [2.24, 2.45) is 0 Å². The van der Waals surface area contributed by atoms with E-state index in [1.54, 1.807) is 0 Å². The van der Waals surface area contributed by atoms with Crippen molar-refractivity contribution < 1.29 is 22.4 Å². The number of carbonyl (C=O) groups is 1. The lowest BCUT2D eigenvalue weighted by Gasteiger charge is -2.35. The summed E-state index contributed by atoms with van der Waals surface area (Å²) < 4.78 is 50.4. The van der Waals surface area contributed by atoms with E-state index in [0.717, 1.165) is 15.6 Å². The maximum absolute atomic E-state index is 13.0. The average molecular weight is 325 g/mol. The molecule has 21 heavy (non-hydrogen) atoms. The van der Waals surface area contributed by atoms with Gasteiger partial charge < -0.3 is 4.90 Å². The summed E-state index contributed by atoms with van der Waals surface area (Å²) in [6.45, 7) is 3.21. The number of hydrogen-bond acceptors (Lipinski definition) is 4. The van der Waals surface area contributed by atoms with E-state index in [9.17, 15) is 22.4 Å². The van der Waals surface area contributed by atoms with Crippen molar-refractivity contribution in [2.75, 3.05) is 26.2 Å². The summed E-state index contributed by atoms with van der Waals surface area (Å²) in [5, 5.41) is 2.85. The van der Waals surface area contributed by atoms with Crippen molar-refractivity contribution in [1.82, 2.24) is 14.8 Å². The third kappa shape index (κ3) is 3.70. The molecule has 0 bridgehead atoms. The molecule has 1 aromatic rings. The standard InChI is InChI=1S/C12H15F4N3OS/c1-8-17-9(7-21-8)6-18-2-4-19(5-3-18)11(20)12(15,16)10(13)14/h7,10H,2-6H2,1H3. The summed E-state index contributed by atoms with van der Waals surface area (Å²) in [5.41, 5.74) is 0.884. The molecule has 0 unspecified atom stereocenters. The van der Waals surface area contributed by atoms with E-state index in [1.807, 2.05) is 17.2 Å². The largest absolute Gasteiger partial charge is 0.383 e. The number of alkyl halides is 4. The predicted molar refractivity (Wildman–Crippen MR) is 69.7 cm³/mol. The Hall–Kier alpha value is -1.22. The molecule has 0 radical (unpaired) electrons. The van der Waals surface area contributed by atoms with Crippen LogP contribution in [0, 0.1) is 6.92 Å². The zero-order valence-corrected chi connectivity index (χ0v) is 12.2. The highest BCUT2D eigenvalue weighted by molar-refractivity contribution is 7.09. The van der Waals surface area contributed by atoms with Crippen LogP contribution in [0.2, 0.25) is 0 Å². The third-order valence-electron chi connectivity index (χ3n) is 3.27. The number of thiazole rings is 1. The fourth-order valence-electron chi connectivity index (χ4n) is 2.12. The molecule has 2 heterocycles. The minimum Gasteiger partial charge on any atom is -0.335 e. The van der Waals surface area contributed by atoms with E-state index in [1.165, 1.54) is 11.3 Å². The number of amides is 1. The second kappa shape index (κ2) is 6.27. The Morgan fingerprint density at radius 1 is 1.38 bits per heavy atom. The van der Waals surface area contributed by atoms with Crippen LogP contribution >= 0.6 is 11.3 Å². The third-order valence-corrected chi connectivity index (χ3v) is 4.09. The molecule has 1 aliphatic heterocycles. The maximum atomic E-state index is 13.0. The highest BCUT2D eigenvalue weighted by Gasteiger charge is 2.51. The molecule has 0 aromatic carbocycles. The normalized spacial score (nSPS) is 17.5. The summed E-state index contributed by atoms with van der Waals surface area (Å²) in [5.74, 6) is -6.39. The van der Waals surface area contributed by atoms with Gasteiger partial charge >= 0.3 is 12.3 Å². The molecule has 2 rings (SSSR count). The number of aryl methyl sites for hydroxylation is 1. The number of rotatable bonds is 4. The molecule has 118 valence electrons. The van der Waals surface area contributed by atoms with Gasteiger partial charge in [-0.15, -0.1) is 11.3 Å². The first-order chi connectivity index (χ1) is 9.80. The SMILES string of the molecule is Cc1nc(CN2CCN(C(=O)C(F)(F)C(F)F)CC2)cs1. The summed E-state index contributed by atoms with van der Waals surface area (Å²) in [4.78, 5) is 18.5. The van der Waals surface area contributed by atoms with Crippen LogP contribution in [0.1, 0.15) is 10.7 Å². The predicted octanol–water partition coefficient (Wildman–Crippen LogP) is 2.00. The van der Waals surface area contributed by atoms with Gasteiger partial charge in [-0.1, -0.05) is 0 Å². The highest BCUT2D eigenvalue weighted by Crippen LogP contribution is 2.26. The van der Waals surface area contributed by atoms with E-state index >= 15 is 0 Å². The van der Waals surface area contributed by atoms with E-state index in [2.05, 4.69) is 4.98 Å². The Labute approximate surface area is 123 Å². The number of piperazine rings is 1. The molecular weight excluding hydrogens is 310 g/mol. The first-order valence-corrected chi connectivity index (χ1v) is 7.27. The molecule has 9 heteroatoms. The van der Waals surface area contributed by atoms with Crippen LogP contribution in [0.4, 0.5) is 17.6 Å². The Kier molecular flexibility index (Phi) is 4.82. The van der Waals surface area contributed by atoms with Crippen LogP contribution in [0.3, 0.4) is 0 Å². The van der Waals surface area contributed by atoms with Crippen molar-refractivity contribution in [3.05, 3.63) is 16.1 Å². The van der Waals surface area contributed by atoms with Gasteiger partial charge in [0.05, 0.1) is 10.7 Å². The summed E-state index contributed by atoms with van der Waals surface area (Å²) >= 11 is 1.52. The zero-order valence-electron chi connectivity index (χ0n) is 11.4. The molecule has 0 atom stereocenters. The fourth-order valence-corrected chi connectivity index (χ4v) is 2.73. The average Bonchev–Trinajstić information content (AvgIpc) is 2.84. The second-order valence-corrected chi connectivity index (χ2v) is 5.91. The first kappa shape index (κ1) is 16.2. The van der Waals surface area contributed by atoms with E-state index < -0.39 is 18.3 Å². The van der Waals surface area contributed by atoms with Crippen LogP contribution in [0.15, 0.2) is 5.38 Å². The van der Waals surface area contributed by atoms with Gasteiger partial charge in [0.1, 0.15) is 0 Å². The minimum atomic E-state index is -4.60. The van der Waals surface area contributed by atoms with Gasteiger partial charge in [-0.25, -0.2) is 13.8 Å². The van der Waals surface area contributed by atoms with Crippen LogP contribution in [-0.2, 0) is 11.3 Å². The van der Waals surface area contributed by atoms with Gasteiger partial charge in [0.25, 0.3) is 5.91 Å². The molecule has 1 aromatic heterocycles.